The number of anilines is 1. The number of halogens is 3. The van der Waals surface area contributed by atoms with Crippen LogP contribution in [0.15, 0.2) is 33.8 Å². The van der Waals surface area contributed by atoms with E-state index in [1.807, 2.05) is 13.0 Å². The highest BCUT2D eigenvalue weighted by Crippen LogP contribution is 2.26. The summed E-state index contributed by atoms with van der Waals surface area (Å²) in [5, 5.41) is 10.6. The third-order valence-electron chi connectivity index (χ3n) is 4.69. The summed E-state index contributed by atoms with van der Waals surface area (Å²) >= 11 is 0. The topological polar surface area (TPSA) is 65.7 Å². The summed E-state index contributed by atoms with van der Waals surface area (Å²) in [6.45, 7) is 8.25. The Labute approximate surface area is 187 Å². The van der Waals surface area contributed by atoms with Crippen molar-refractivity contribution < 1.29 is 13.3 Å². The normalized spacial score (nSPS) is 16.8. The van der Waals surface area contributed by atoms with Crippen LogP contribution in [-0.4, -0.2) is 36.8 Å². The summed E-state index contributed by atoms with van der Waals surface area (Å²) in [6.07, 6.45) is 0.762. The number of para-hydroxylation sites is 1. The third-order valence-corrected chi connectivity index (χ3v) is 4.69. The minimum Gasteiger partial charge on any atom is -0.365 e. The molecule has 1 unspecified atom stereocenters. The second kappa shape index (κ2) is 10.7. The molecule has 1 aliphatic rings. The van der Waals surface area contributed by atoms with Gasteiger partial charge in [-0.25, -0.2) is 13.8 Å². The molecule has 2 N–H and O–H groups in total. The highest BCUT2D eigenvalue weighted by Gasteiger charge is 2.27. The van der Waals surface area contributed by atoms with Gasteiger partial charge in [0.1, 0.15) is 23.9 Å². The molecular weight excluding hydrogens is 491 g/mol. The van der Waals surface area contributed by atoms with Crippen LogP contribution in [-0.2, 0) is 6.54 Å². The number of aromatic nitrogens is 1. The zero-order valence-electron chi connectivity index (χ0n) is 16.9. The number of hydrogen-bond acceptors (Lipinski definition) is 4. The first-order valence-corrected chi connectivity index (χ1v) is 9.67. The van der Waals surface area contributed by atoms with Crippen LogP contribution in [0.2, 0.25) is 0 Å². The van der Waals surface area contributed by atoms with E-state index in [1.165, 1.54) is 18.2 Å². The smallest absolute Gasteiger partial charge is 0.191 e. The minimum absolute atomic E-state index is 0. The molecule has 3 rings (SSSR count). The molecule has 6 nitrogen and oxygen atoms in total. The molecular formula is C20H28F2IN5O. The third kappa shape index (κ3) is 6.03. The fourth-order valence-corrected chi connectivity index (χ4v) is 3.22. The molecule has 0 bridgehead atoms. The molecule has 0 saturated carbocycles. The van der Waals surface area contributed by atoms with Gasteiger partial charge in [0.2, 0.25) is 0 Å². The Morgan fingerprint density at radius 1 is 1.34 bits per heavy atom. The Hall–Kier alpha value is -1.91. The van der Waals surface area contributed by atoms with E-state index >= 15 is 0 Å². The van der Waals surface area contributed by atoms with E-state index < -0.39 is 11.6 Å². The molecule has 1 aliphatic heterocycles. The van der Waals surface area contributed by atoms with E-state index in [4.69, 9.17) is 4.52 Å². The first kappa shape index (κ1) is 23.4. The standard InChI is InChI=1S/C20H27F2N5O.HI/c1-4-23-20(24-11-15-10-18(13(2)3)26-28-15)25-14-8-9-27(12-14)19-16(21)6-5-7-17(19)22;/h5-7,10,13-14H,4,8-9,11-12H2,1-3H3,(H2,23,24,25);1H. The fraction of sp³-hybridized carbons (Fsp3) is 0.500. The number of hydrogen-bond donors (Lipinski definition) is 2. The lowest BCUT2D eigenvalue weighted by atomic mass is 10.1. The van der Waals surface area contributed by atoms with Gasteiger partial charge in [-0.1, -0.05) is 25.1 Å². The SMILES string of the molecule is CCNC(=NCc1cc(C(C)C)no1)NC1CCN(c2c(F)cccc2F)C1.I. The van der Waals surface area contributed by atoms with E-state index in [0.29, 0.717) is 43.8 Å². The van der Waals surface area contributed by atoms with Gasteiger partial charge in [0.25, 0.3) is 0 Å². The molecule has 0 spiro atoms. The average Bonchev–Trinajstić information content (AvgIpc) is 3.29. The van der Waals surface area contributed by atoms with Gasteiger partial charge < -0.3 is 20.1 Å². The number of aliphatic imine (C=N–C) groups is 1. The number of nitrogens with zero attached hydrogens (tertiary/aromatic N) is 3. The van der Waals surface area contributed by atoms with Gasteiger partial charge in [-0.2, -0.15) is 0 Å². The van der Waals surface area contributed by atoms with Crippen molar-refractivity contribution in [1.29, 1.82) is 0 Å². The molecule has 0 amide bonds. The van der Waals surface area contributed by atoms with Crippen molar-refractivity contribution in [2.45, 2.75) is 45.7 Å². The lowest BCUT2D eigenvalue weighted by Gasteiger charge is -2.21. The molecule has 29 heavy (non-hydrogen) atoms. The van der Waals surface area contributed by atoms with Crippen LogP contribution < -0.4 is 15.5 Å². The van der Waals surface area contributed by atoms with E-state index in [0.717, 1.165) is 12.1 Å². The summed E-state index contributed by atoms with van der Waals surface area (Å²) in [5.74, 6) is 0.573. The molecule has 2 aromatic rings. The second-order valence-corrected chi connectivity index (χ2v) is 7.21. The summed E-state index contributed by atoms with van der Waals surface area (Å²) in [5.41, 5.74) is 0.943. The zero-order valence-corrected chi connectivity index (χ0v) is 19.2. The molecule has 1 aromatic carbocycles. The quantitative estimate of drug-likeness (QED) is 0.343. The van der Waals surface area contributed by atoms with Gasteiger partial charge in [-0.15, -0.1) is 24.0 Å². The molecule has 1 aromatic heterocycles. The van der Waals surface area contributed by atoms with Crippen LogP contribution in [0.1, 0.15) is 44.6 Å². The van der Waals surface area contributed by atoms with Crippen molar-refractivity contribution in [2.24, 2.45) is 4.99 Å². The van der Waals surface area contributed by atoms with E-state index in [2.05, 4.69) is 34.6 Å². The maximum Gasteiger partial charge on any atom is 0.191 e. The first-order valence-electron chi connectivity index (χ1n) is 9.67. The van der Waals surface area contributed by atoms with Crippen LogP contribution in [0.25, 0.3) is 0 Å². The molecule has 1 saturated heterocycles. The van der Waals surface area contributed by atoms with Gasteiger partial charge >= 0.3 is 0 Å². The summed E-state index contributed by atoms with van der Waals surface area (Å²) < 4.78 is 33.4. The summed E-state index contributed by atoms with van der Waals surface area (Å²) in [6, 6.07) is 5.90. The number of nitrogens with one attached hydrogen (secondary N) is 2. The molecule has 1 fully saturated rings. The predicted octanol–water partition coefficient (Wildman–Crippen LogP) is 4.03. The molecule has 1 atom stereocenters. The molecule has 160 valence electrons. The average molecular weight is 519 g/mol. The Bertz CT molecular complexity index is 807. The fourth-order valence-electron chi connectivity index (χ4n) is 3.22. The highest BCUT2D eigenvalue weighted by atomic mass is 127. The highest BCUT2D eigenvalue weighted by molar-refractivity contribution is 14.0. The number of rotatable bonds is 6. The Balaban J connectivity index is 0.00000300. The largest absolute Gasteiger partial charge is 0.365 e. The Morgan fingerprint density at radius 3 is 2.69 bits per heavy atom. The van der Waals surface area contributed by atoms with Crippen LogP contribution in [0.5, 0.6) is 0 Å². The molecule has 9 heteroatoms. The predicted molar refractivity (Wildman–Crippen MR) is 121 cm³/mol. The van der Waals surface area contributed by atoms with Crippen molar-refractivity contribution in [1.82, 2.24) is 15.8 Å². The van der Waals surface area contributed by atoms with E-state index in [-0.39, 0.29) is 35.7 Å². The maximum absolute atomic E-state index is 14.0. The van der Waals surface area contributed by atoms with Crippen LogP contribution in [0, 0.1) is 11.6 Å². The van der Waals surface area contributed by atoms with Crippen molar-refractivity contribution in [3.8, 4) is 0 Å². The lowest BCUT2D eigenvalue weighted by Crippen LogP contribution is -2.44. The monoisotopic (exact) mass is 519 g/mol. The summed E-state index contributed by atoms with van der Waals surface area (Å²) in [7, 11) is 0. The van der Waals surface area contributed by atoms with Crippen molar-refractivity contribution in [2.75, 3.05) is 24.5 Å². The minimum atomic E-state index is -0.535. The second-order valence-electron chi connectivity index (χ2n) is 7.21. The Kier molecular flexibility index (Phi) is 8.66. The number of benzene rings is 1. The van der Waals surface area contributed by atoms with Crippen molar-refractivity contribution in [3.05, 3.63) is 47.4 Å². The number of guanidine groups is 1. The lowest BCUT2D eigenvalue weighted by molar-refractivity contribution is 0.376. The van der Waals surface area contributed by atoms with Crippen LogP contribution in [0.3, 0.4) is 0 Å². The van der Waals surface area contributed by atoms with Gasteiger partial charge in [-0.3, -0.25) is 0 Å². The summed E-state index contributed by atoms with van der Waals surface area (Å²) in [4.78, 5) is 6.28. The van der Waals surface area contributed by atoms with Gasteiger partial charge in [0, 0.05) is 31.7 Å². The van der Waals surface area contributed by atoms with Crippen LogP contribution in [0.4, 0.5) is 14.5 Å². The van der Waals surface area contributed by atoms with Gasteiger partial charge in [-0.05, 0) is 31.4 Å². The Morgan fingerprint density at radius 2 is 2.07 bits per heavy atom. The van der Waals surface area contributed by atoms with Gasteiger partial charge in [0.15, 0.2) is 11.7 Å². The van der Waals surface area contributed by atoms with E-state index in [1.54, 1.807) is 4.90 Å². The van der Waals surface area contributed by atoms with Crippen LogP contribution >= 0.6 is 24.0 Å². The van der Waals surface area contributed by atoms with Gasteiger partial charge in [0.05, 0.1) is 5.69 Å². The van der Waals surface area contributed by atoms with E-state index in [9.17, 15) is 8.78 Å². The molecule has 2 heterocycles. The molecule has 0 radical (unpaired) electrons. The maximum atomic E-state index is 14.0. The van der Waals surface area contributed by atoms with Crippen molar-refractivity contribution in [3.63, 3.8) is 0 Å². The molecule has 0 aliphatic carbocycles. The van der Waals surface area contributed by atoms with Crippen molar-refractivity contribution >= 4 is 35.6 Å². The first-order chi connectivity index (χ1) is 13.5. The zero-order chi connectivity index (χ0) is 20.1.